The molecule has 2 amide bonds. The van der Waals surface area contributed by atoms with Crippen molar-refractivity contribution < 1.29 is 22.7 Å². The Balaban J connectivity index is 1.34. The van der Waals surface area contributed by atoms with E-state index in [1.165, 1.54) is 38.9 Å². The first-order valence-electron chi connectivity index (χ1n) is 16.8. The predicted molar refractivity (Wildman–Crippen MR) is 176 cm³/mol. The normalized spacial score (nSPS) is 26.0. The van der Waals surface area contributed by atoms with Crippen LogP contribution in [0.3, 0.4) is 0 Å². The summed E-state index contributed by atoms with van der Waals surface area (Å²) in [6.07, 6.45) is 9.75. The van der Waals surface area contributed by atoms with E-state index in [0.29, 0.717) is 25.0 Å². The fraction of sp³-hybridized carbons (Fsp3) is 0.543. The second-order valence-electron chi connectivity index (χ2n) is 14.1. The predicted octanol–water partition coefficient (Wildman–Crippen LogP) is 4.75. The number of carbonyl (C=O) groups is 2. The maximum absolute atomic E-state index is 15.0. The van der Waals surface area contributed by atoms with Crippen LogP contribution < -0.4 is 9.46 Å². The molecule has 3 unspecified atom stereocenters. The molecule has 1 N–H and O–H groups in total. The highest BCUT2D eigenvalue weighted by Crippen LogP contribution is 2.67. The Morgan fingerprint density at radius 3 is 2.54 bits per heavy atom. The first-order valence-corrected chi connectivity index (χ1v) is 18.2. The number of amides is 2. The van der Waals surface area contributed by atoms with Gasteiger partial charge in [0.05, 0.1) is 25.0 Å². The van der Waals surface area contributed by atoms with Gasteiger partial charge in [-0.1, -0.05) is 25.3 Å². The highest BCUT2D eigenvalue weighted by Gasteiger charge is 2.67. The van der Waals surface area contributed by atoms with Gasteiger partial charge in [0.2, 0.25) is 0 Å². The molecule has 4 fully saturated rings. The molecule has 1 aromatic heterocycles. The Morgan fingerprint density at radius 1 is 0.978 bits per heavy atom. The van der Waals surface area contributed by atoms with E-state index in [1.807, 2.05) is 18.2 Å². The van der Waals surface area contributed by atoms with Crippen molar-refractivity contribution >= 4 is 32.9 Å². The Kier molecular flexibility index (Phi) is 7.04. The van der Waals surface area contributed by atoms with Crippen LogP contribution in [-0.2, 0) is 20.5 Å². The minimum Gasteiger partial charge on any atom is -0.497 e. The van der Waals surface area contributed by atoms with E-state index in [9.17, 15) is 13.2 Å². The molecule has 11 heteroatoms. The third kappa shape index (κ3) is 4.45. The molecule has 8 rings (SSSR count). The SMILES string of the molecule is COc1ccc2c(c1)C1CC1(C(=O)N1CCC3CCCN3C1)n1c-2c(C2CCCCC2)c2ccc(C(=O)NS(=O)(=O)N(C)C)cc21. The number of aromatic nitrogens is 1. The Morgan fingerprint density at radius 2 is 1.78 bits per heavy atom. The lowest BCUT2D eigenvalue weighted by atomic mass is 9.80. The molecule has 2 saturated carbocycles. The molecule has 3 atom stereocenters. The van der Waals surface area contributed by atoms with Gasteiger partial charge in [-0.15, -0.1) is 0 Å². The third-order valence-corrected chi connectivity index (χ3v) is 12.9. The number of nitrogens with zero attached hydrogens (tertiary/aromatic N) is 4. The second kappa shape index (κ2) is 10.8. The number of carbonyl (C=O) groups excluding carboxylic acids is 2. The molecule has 244 valence electrons. The lowest BCUT2D eigenvalue weighted by Crippen LogP contribution is -2.54. The molecule has 5 aliphatic rings. The maximum Gasteiger partial charge on any atom is 0.303 e. The fourth-order valence-corrected chi connectivity index (χ4v) is 9.55. The Hall–Kier alpha value is -3.41. The molecule has 4 heterocycles. The Bertz CT molecular complexity index is 1860. The molecule has 2 aliphatic carbocycles. The molecule has 46 heavy (non-hydrogen) atoms. The molecule has 0 spiro atoms. The summed E-state index contributed by atoms with van der Waals surface area (Å²) in [5.74, 6) is 0.564. The van der Waals surface area contributed by atoms with Crippen LogP contribution in [0.5, 0.6) is 5.75 Å². The molecule has 0 bridgehead atoms. The summed E-state index contributed by atoms with van der Waals surface area (Å²) in [4.78, 5) is 33.0. The summed E-state index contributed by atoms with van der Waals surface area (Å²) >= 11 is 0. The van der Waals surface area contributed by atoms with Gasteiger partial charge in [0, 0.05) is 55.7 Å². The third-order valence-electron chi connectivity index (χ3n) is 11.4. The van der Waals surface area contributed by atoms with Crippen molar-refractivity contribution in [2.45, 2.75) is 81.2 Å². The molecule has 10 nitrogen and oxygen atoms in total. The van der Waals surface area contributed by atoms with Crippen LogP contribution in [0.4, 0.5) is 0 Å². The molecular weight excluding hydrogens is 602 g/mol. The van der Waals surface area contributed by atoms with Crippen LogP contribution in [0.25, 0.3) is 22.2 Å². The number of hydrogen-bond donors (Lipinski definition) is 1. The number of hydrogen-bond acceptors (Lipinski definition) is 6. The number of nitrogens with one attached hydrogen (secondary N) is 1. The summed E-state index contributed by atoms with van der Waals surface area (Å²) in [6, 6.07) is 12.4. The number of ether oxygens (including phenoxy) is 1. The number of benzene rings is 2. The van der Waals surface area contributed by atoms with E-state index in [2.05, 4.69) is 31.2 Å². The summed E-state index contributed by atoms with van der Waals surface area (Å²) in [7, 11) is 0.484. The zero-order valence-electron chi connectivity index (χ0n) is 26.9. The van der Waals surface area contributed by atoms with Gasteiger partial charge in [0.15, 0.2) is 0 Å². The van der Waals surface area contributed by atoms with Crippen molar-refractivity contribution in [3.05, 3.63) is 53.1 Å². The Labute approximate surface area is 270 Å². The zero-order valence-corrected chi connectivity index (χ0v) is 27.7. The van der Waals surface area contributed by atoms with E-state index < -0.39 is 21.7 Å². The first kappa shape index (κ1) is 30.0. The van der Waals surface area contributed by atoms with Gasteiger partial charge in [-0.2, -0.15) is 12.7 Å². The standard InChI is InChI=1S/C35H43N5O5S/c1-37(2)46(43,44)36-33(41)23-11-13-27-30(18-23)40-32(31(27)22-8-5-4-6-9-22)26-14-12-25(45-3)19-28(26)29-20-35(29,40)34(42)39-17-15-24-10-7-16-38(24)21-39/h11-14,18-19,22,24,29H,4-10,15-17,20-21H2,1-3H3,(H,36,41). The summed E-state index contributed by atoms with van der Waals surface area (Å²) in [5.41, 5.74) is 4.90. The smallest absolute Gasteiger partial charge is 0.303 e. The summed E-state index contributed by atoms with van der Waals surface area (Å²) < 4.78 is 36.3. The van der Waals surface area contributed by atoms with E-state index in [4.69, 9.17) is 4.74 Å². The highest BCUT2D eigenvalue weighted by atomic mass is 32.2. The van der Waals surface area contributed by atoms with Gasteiger partial charge in [0.1, 0.15) is 11.3 Å². The average Bonchev–Trinajstić information content (AvgIpc) is 3.48. The van der Waals surface area contributed by atoms with Gasteiger partial charge in [-0.3, -0.25) is 14.5 Å². The van der Waals surface area contributed by atoms with Crippen LogP contribution in [0.2, 0.25) is 0 Å². The van der Waals surface area contributed by atoms with Crippen LogP contribution >= 0.6 is 0 Å². The quantitative estimate of drug-likeness (QED) is 0.415. The van der Waals surface area contributed by atoms with Crippen molar-refractivity contribution in [1.29, 1.82) is 0 Å². The van der Waals surface area contributed by atoms with E-state index >= 15 is 4.79 Å². The molecule has 3 aliphatic heterocycles. The van der Waals surface area contributed by atoms with Crippen molar-refractivity contribution in [3.63, 3.8) is 0 Å². The van der Waals surface area contributed by atoms with Gasteiger partial charge < -0.3 is 14.2 Å². The number of rotatable bonds is 6. The number of methoxy groups -OCH3 is 1. The van der Waals surface area contributed by atoms with E-state index in [-0.39, 0.29) is 17.4 Å². The van der Waals surface area contributed by atoms with Gasteiger partial charge in [-0.05, 0) is 85.9 Å². The monoisotopic (exact) mass is 645 g/mol. The van der Waals surface area contributed by atoms with Crippen molar-refractivity contribution in [2.75, 3.05) is 41.0 Å². The highest BCUT2D eigenvalue weighted by molar-refractivity contribution is 7.87. The first-order chi connectivity index (χ1) is 22.1. The summed E-state index contributed by atoms with van der Waals surface area (Å²) in [5, 5.41) is 1.05. The van der Waals surface area contributed by atoms with E-state index in [0.717, 1.165) is 83.0 Å². The lowest BCUT2D eigenvalue weighted by Gasteiger charge is -2.41. The molecule has 0 radical (unpaired) electrons. The minimum atomic E-state index is -3.97. The molecule has 2 saturated heterocycles. The second-order valence-corrected chi connectivity index (χ2v) is 16.0. The van der Waals surface area contributed by atoms with Crippen molar-refractivity contribution in [3.8, 4) is 17.0 Å². The minimum absolute atomic E-state index is 0.0182. The van der Waals surface area contributed by atoms with Gasteiger partial charge in [-0.25, -0.2) is 4.72 Å². The van der Waals surface area contributed by atoms with Crippen LogP contribution in [0.15, 0.2) is 36.4 Å². The maximum atomic E-state index is 15.0. The van der Waals surface area contributed by atoms with Crippen LogP contribution in [0.1, 0.15) is 91.1 Å². The van der Waals surface area contributed by atoms with Crippen LogP contribution in [0, 0.1) is 0 Å². The van der Waals surface area contributed by atoms with Gasteiger partial charge >= 0.3 is 10.2 Å². The van der Waals surface area contributed by atoms with Crippen LogP contribution in [-0.4, -0.2) is 85.9 Å². The largest absolute Gasteiger partial charge is 0.497 e. The average molecular weight is 646 g/mol. The molecular formula is C35H43N5O5S. The molecule has 3 aromatic rings. The molecule has 2 aromatic carbocycles. The fourth-order valence-electron chi connectivity index (χ4n) is 9.02. The van der Waals surface area contributed by atoms with Crippen molar-refractivity contribution in [2.24, 2.45) is 0 Å². The van der Waals surface area contributed by atoms with Gasteiger partial charge in [0.25, 0.3) is 11.8 Å². The van der Waals surface area contributed by atoms with Crippen molar-refractivity contribution in [1.82, 2.24) is 23.4 Å². The lowest BCUT2D eigenvalue weighted by molar-refractivity contribution is -0.141. The number of fused-ring (bicyclic) bond motifs is 9. The zero-order chi connectivity index (χ0) is 32.0. The van der Waals surface area contributed by atoms with E-state index in [1.54, 1.807) is 13.2 Å². The summed E-state index contributed by atoms with van der Waals surface area (Å²) in [6.45, 7) is 2.44. The topological polar surface area (TPSA) is 104 Å².